The molecule has 0 spiro atoms. The molecule has 4 heteroatoms. The van der Waals surface area contributed by atoms with Crippen LogP contribution in [0, 0.1) is 5.92 Å². The van der Waals surface area contributed by atoms with E-state index in [9.17, 15) is 9.59 Å². The van der Waals surface area contributed by atoms with Crippen LogP contribution in [0.2, 0.25) is 0 Å². The highest BCUT2D eigenvalue weighted by Crippen LogP contribution is 2.11. The van der Waals surface area contributed by atoms with E-state index in [1.165, 1.54) is 6.92 Å². The van der Waals surface area contributed by atoms with E-state index in [1.807, 2.05) is 19.9 Å². The van der Waals surface area contributed by atoms with Gasteiger partial charge < -0.3 is 10.1 Å². The van der Waals surface area contributed by atoms with E-state index in [4.69, 9.17) is 4.74 Å². The van der Waals surface area contributed by atoms with Gasteiger partial charge in [-0.05, 0) is 18.1 Å². The minimum atomic E-state index is -0.618. The lowest BCUT2D eigenvalue weighted by atomic mass is 10.0. The third kappa shape index (κ3) is 4.26. The van der Waals surface area contributed by atoms with Crippen molar-refractivity contribution in [1.29, 1.82) is 0 Å². The number of benzene rings is 1. The number of rotatable bonds is 4. The lowest BCUT2D eigenvalue weighted by Crippen LogP contribution is -2.45. The third-order valence-electron chi connectivity index (χ3n) is 2.24. The van der Waals surface area contributed by atoms with E-state index in [0.717, 1.165) is 0 Å². The number of ether oxygens (including phenoxy) is 1. The number of nitrogens with one attached hydrogen (secondary N) is 1. The molecule has 17 heavy (non-hydrogen) atoms. The average molecular weight is 235 g/mol. The molecular weight excluding hydrogens is 218 g/mol. The van der Waals surface area contributed by atoms with Crippen molar-refractivity contribution in [2.75, 3.05) is 0 Å². The smallest absolute Gasteiger partial charge is 0.334 e. The van der Waals surface area contributed by atoms with Gasteiger partial charge in [0, 0.05) is 6.92 Å². The summed E-state index contributed by atoms with van der Waals surface area (Å²) < 4.78 is 5.19. The van der Waals surface area contributed by atoms with Crippen molar-refractivity contribution in [2.24, 2.45) is 5.92 Å². The fraction of sp³-hybridized carbons (Fsp3) is 0.385. The maximum atomic E-state index is 11.9. The Bertz CT molecular complexity index is 387. The van der Waals surface area contributed by atoms with E-state index < -0.39 is 12.0 Å². The number of para-hydroxylation sites is 1. The van der Waals surface area contributed by atoms with Crippen LogP contribution in [0.25, 0.3) is 0 Å². The standard InChI is InChI=1S/C13H17NO3/c1-9(2)12(14-10(3)15)13(16)17-11-7-5-4-6-8-11/h4-9,12H,1-3H3,(H,14,15)/t12-/m0/s1. The number of esters is 1. The van der Waals surface area contributed by atoms with Crippen LogP contribution in [0.4, 0.5) is 0 Å². The quantitative estimate of drug-likeness (QED) is 0.639. The Morgan fingerprint density at radius 1 is 1.18 bits per heavy atom. The maximum Gasteiger partial charge on any atom is 0.334 e. The van der Waals surface area contributed by atoms with Crippen LogP contribution >= 0.6 is 0 Å². The molecule has 1 amide bonds. The summed E-state index contributed by atoms with van der Waals surface area (Å²) in [6.07, 6.45) is 0. The summed E-state index contributed by atoms with van der Waals surface area (Å²) in [6, 6.07) is 8.18. The molecule has 0 aliphatic heterocycles. The highest BCUT2D eigenvalue weighted by molar-refractivity contribution is 5.84. The summed E-state index contributed by atoms with van der Waals surface area (Å²) in [5, 5.41) is 2.59. The Labute approximate surface area is 101 Å². The highest BCUT2D eigenvalue weighted by atomic mass is 16.5. The van der Waals surface area contributed by atoms with Crippen molar-refractivity contribution in [1.82, 2.24) is 5.32 Å². The summed E-state index contributed by atoms with van der Waals surface area (Å²) in [5.41, 5.74) is 0. The number of carbonyl (C=O) groups is 2. The number of hydrogen-bond acceptors (Lipinski definition) is 3. The van der Waals surface area contributed by atoms with Crippen LogP contribution in [0.5, 0.6) is 5.75 Å². The van der Waals surface area contributed by atoms with E-state index in [0.29, 0.717) is 5.75 Å². The number of amides is 1. The Hall–Kier alpha value is -1.84. The molecule has 1 atom stereocenters. The molecule has 0 aliphatic rings. The Morgan fingerprint density at radius 2 is 1.76 bits per heavy atom. The molecule has 0 saturated carbocycles. The Morgan fingerprint density at radius 3 is 2.24 bits per heavy atom. The van der Waals surface area contributed by atoms with Gasteiger partial charge in [-0.15, -0.1) is 0 Å². The van der Waals surface area contributed by atoms with Crippen LogP contribution < -0.4 is 10.1 Å². The van der Waals surface area contributed by atoms with E-state index in [-0.39, 0.29) is 11.8 Å². The average Bonchev–Trinajstić information content (AvgIpc) is 2.26. The second kappa shape index (κ2) is 6.03. The molecule has 1 rings (SSSR count). The van der Waals surface area contributed by atoms with Crippen LogP contribution in [0.15, 0.2) is 30.3 Å². The summed E-state index contributed by atoms with van der Waals surface area (Å²) in [7, 11) is 0. The van der Waals surface area contributed by atoms with Gasteiger partial charge in [0.1, 0.15) is 11.8 Å². The zero-order chi connectivity index (χ0) is 12.8. The molecule has 0 saturated heterocycles. The van der Waals surface area contributed by atoms with Gasteiger partial charge in [-0.3, -0.25) is 4.79 Å². The van der Waals surface area contributed by atoms with Crippen LogP contribution in [-0.4, -0.2) is 17.9 Å². The molecular formula is C13H17NO3. The fourth-order valence-corrected chi connectivity index (χ4v) is 1.38. The summed E-state index contributed by atoms with van der Waals surface area (Å²) in [6.45, 7) is 5.09. The van der Waals surface area contributed by atoms with Crippen molar-refractivity contribution in [2.45, 2.75) is 26.8 Å². The molecule has 1 aromatic carbocycles. The lowest BCUT2D eigenvalue weighted by molar-refractivity contribution is -0.140. The van der Waals surface area contributed by atoms with Crippen LogP contribution in [0.3, 0.4) is 0 Å². The summed E-state index contributed by atoms with van der Waals surface area (Å²) in [5.74, 6) is -0.223. The molecule has 0 radical (unpaired) electrons. The Balaban J connectivity index is 2.69. The minimum Gasteiger partial charge on any atom is -0.425 e. The number of hydrogen-bond donors (Lipinski definition) is 1. The van der Waals surface area contributed by atoms with Gasteiger partial charge in [0.05, 0.1) is 0 Å². The molecule has 4 nitrogen and oxygen atoms in total. The van der Waals surface area contributed by atoms with Crippen molar-refractivity contribution in [3.8, 4) is 5.75 Å². The van der Waals surface area contributed by atoms with Gasteiger partial charge in [-0.2, -0.15) is 0 Å². The van der Waals surface area contributed by atoms with Gasteiger partial charge in [0.25, 0.3) is 0 Å². The van der Waals surface area contributed by atoms with Crippen LogP contribution in [-0.2, 0) is 9.59 Å². The van der Waals surface area contributed by atoms with Crippen molar-refractivity contribution in [3.63, 3.8) is 0 Å². The van der Waals surface area contributed by atoms with E-state index in [1.54, 1.807) is 24.3 Å². The molecule has 92 valence electrons. The molecule has 0 aromatic heterocycles. The summed E-state index contributed by atoms with van der Waals surface area (Å²) in [4.78, 5) is 22.8. The first-order valence-corrected chi connectivity index (χ1v) is 5.54. The van der Waals surface area contributed by atoms with Crippen molar-refractivity contribution < 1.29 is 14.3 Å². The van der Waals surface area contributed by atoms with Gasteiger partial charge >= 0.3 is 5.97 Å². The first-order valence-electron chi connectivity index (χ1n) is 5.54. The molecule has 0 heterocycles. The maximum absolute atomic E-state index is 11.9. The normalized spacial score (nSPS) is 12.0. The SMILES string of the molecule is CC(=O)N[C@H](C(=O)Oc1ccccc1)C(C)C. The van der Waals surface area contributed by atoms with Gasteiger partial charge in [0.15, 0.2) is 0 Å². The van der Waals surface area contributed by atoms with E-state index >= 15 is 0 Å². The van der Waals surface area contributed by atoms with Crippen LogP contribution in [0.1, 0.15) is 20.8 Å². The molecule has 0 unspecified atom stereocenters. The predicted octanol–water partition coefficient (Wildman–Crippen LogP) is 1.75. The molecule has 0 fully saturated rings. The highest BCUT2D eigenvalue weighted by Gasteiger charge is 2.24. The molecule has 0 bridgehead atoms. The van der Waals surface area contributed by atoms with Gasteiger partial charge in [-0.1, -0.05) is 32.0 Å². The molecule has 1 aromatic rings. The zero-order valence-electron chi connectivity index (χ0n) is 10.3. The topological polar surface area (TPSA) is 55.4 Å². The zero-order valence-corrected chi connectivity index (χ0v) is 10.3. The van der Waals surface area contributed by atoms with Gasteiger partial charge in [0.2, 0.25) is 5.91 Å². The second-order valence-corrected chi connectivity index (χ2v) is 4.16. The van der Waals surface area contributed by atoms with Crippen molar-refractivity contribution in [3.05, 3.63) is 30.3 Å². The van der Waals surface area contributed by atoms with Crippen molar-refractivity contribution >= 4 is 11.9 Å². The van der Waals surface area contributed by atoms with E-state index in [2.05, 4.69) is 5.32 Å². The first kappa shape index (κ1) is 13.2. The molecule has 1 N–H and O–H groups in total. The third-order valence-corrected chi connectivity index (χ3v) is 2.24. The predicted molar refractivity (Wildman–Crippen MR) is 64.5 cm³/mol. The monoisotopic (exact) mass is 235 g/mol. The first-order chi connectivity index (χ1) is 8.00. The largest absolute Gasteiger partial charge is 0.425 e. The summed E-state index contributed by atoms with van der Waals surface area (Å²) >= 11 is 0. The Kier molecular flexibility index (Phi) is 4.69. The minimum absolute atomic E-state index is 0.0184. The van der Waals surface area contributed by atoms with Gasteiger partial charge in [-0.25, -0.2) is 4.79 Å². The molecule has 0 aliphatic carbocycles. The second-order valence-electron chi connectivity index (χ2n) is 4.16. The lowest BCUT2D eigenvalue weighted by Gasteiger charge is -2.19. The fourth-order valence-electron chi connectivity index (χ4n) is 1.38. The number of carbonyl (C=O) groups excluding carboxylic acids is 2.